The molecule has 66 valence electrons. The predicted molar refractivity (Wildman–Crippen MR) is 48.3 cm³/mol. The van der Waals surface area contributed by atoms with Crippen molar-refractivity contribution >= 4 is 0 Å². The number of nitrogens with two attached hydrogens (primary N) is 2. The molecule has 3 heteroatoms. The summed E-state index contributed by atoms with van der Waals surface area (Å²) in [7, 11) is 0. The Morgan fingerprint density at radius 1 is 1.42 bits per heavy atom. The van der Waals surface area contributed by atoms with E-state index in [1.807, 2.05) is 24.3 Å². The van der Waals surface area contributed by atoms with E-state index >= 15 is 0 Å². The molecule has 0 aliphatic heterocycles. The fourth-order valence-electron chi connectivity index (χ4n) is 1.06. The van der Waals surface area contributed by atoms with Crippen LogP contribution in [0, 0.1) is 0 Å². The molecule has 1 atom stereocenters. The smallest absolute Gasteiger partial charge is 0.0681 e. The van der Waals surface area contributed by atoms with Gasteiger partial charge in [-0.15, -0.1) is 0 Å². The number of hydrogen-bond acceptors (Lipinski definition) is 3. The standard InChI is InChI=1S/C9H14N2O/c10-5-9(11)8-3-1-2-7(4-8)6-12/h1-4,9,12H,5-6,10-11H2. The topological polar surface area (TPSA) is 72.3 Å². The van der Waals surface area contributed by atoms with Gasteiger partial charge in [-0.2, -0.15) is 0 Å². The van der Waals surface area contributed by atoms with Crippen molar-refractivity contribution < 1.29 is 5.11 Å². The van der Waals surface area contributed by atoms with Crippen LogP contribution < -0.4 is 11.5 Å². The largest absolute Gasteiger partial charge is 0.392 e. The summed E-state index contributed by atoms with van der Waals surface area (Å²) in [5, 5.41) is 8.84. The van der Waals surface area contributed by atoms with E-state index in [4.69, 9.17) is 16.6 Å². The van der Waals surface area contributed by atoms with Gasteiger partial charge < -0.3 is 16.6 Å². The summed E-state index contributed by atoms with van der Waals surface area (Å²) < 4.78 is 0. The number of aliphatic hydroxyl groups is 1. The van der Waals surface area contributed by atoms with Crippen molar-refractivity contribution in [1.29, 1.82) is 0 Å². The SMILES string of the molecule is NCC(N)c1cccc(CO)c1. The molecule has 1 aromatic carbocycles. The summed E-state index contributed by atoms with van der Waals surface area (Å²) in [5.74, 6) is 0. The first kappa shape index (κ1) is 9.19. The van der Waals surface area contributed by atoms with E-state index in [9.17, 15) is 0 Å². The van der Waals surface area contributed by atoms with Gasteiger partial charge in [-0.3, -0.25) is 0 Å². The van der Waals surface area contributed by atoms with Gasteiger partial charge in [-0.1, -0.05) is 24.3 Å². The molecular formula is C9H14N2O. The summed E-state index contributed by atoms with van der Waals surface area (Å²) in [4.78, 5) is 0. The highest BCUT2D eigenvalue weighted by molar-refractivity contribution is 5.25. The van der Waals surface area contributed by atoms with Crippen molar-refractivity contribution in [2.45, 2.75) is 12.6 Å². The number of benzene rings is 1. The molecule has 1 aromatic rings. The third-order valence-corrected chi connectivity index (χ3v) is 1.82. The summed E-state index contributed by atoms with van der Waals surface area (Å²) in [6.45, 7) is 0.472. The zero-order chi connectivity index (χ0) is 8.97. The molecule has 0 fully saturated rings. The normalized spacial score (nSPS) is 12.9. The van der Waals surface area contributed by atoms with Crippen LogP contribution in [0.4, 0.5) is 0 Å². The van der Waals surface area contributed by atoms with Crippen LogP contribution in [0.1, 0.15) is 17.2 Å². The molecule has 0 aliphatic rings. The number of aliphatic hydroxyl groups excluding tert-OH is 1. The van der Waals surface area contributed by atoms with Crippen LogP contribution in [-0.2, 0) is 6.61 Å². The molecule has 1 rings (SSSR count). The minimum atomic E-state index is -0.128. The molecule has 0 spiro atoms. The quantitative estimate of drug-likeness (QED) is 0.598. The maximum atomic E-state index is 8.84. The lowest BCUT2D eigenvalue weighted by Gasteiger charge is -2.09. The minimum Gasteiger partial charge on any atom is -0.392 e. The van der Waals surface area contributed by atoms with E-state index in [-0.39, 0.29) is 12.6 Å². The first-order valence-electron chi connectivity index (χ1n) is 3.93. The molecule has 0 heterocycles. The van der Waals surface area contributed by atoms with Crippen LogP contribution in [-0.4, -0.2) is 11.7 Å². The fourth-order valence-corrected chi connectivity index (χ4v) is 1.06. The van der Waals surface area contributed by atoms with E-state index in [1.165, 1.54) is 0 Å². The molecule has 0 aromatic heterocycles. The summed E-state index contributed by atoms with van der Waals surface area (Å²) in [6, 6.07) is 7.38. The third kappa shape index (κ3) is 2.04. The molecule has 1 unspecified atom stereocenters. The monoisotopic (exact) mass is 166 g/mol. The van der Waals surface area contributed by atoms with Gasteiger partial charge in [-0.25, -0.2) is 0 Å². The zero-order valence-electron chi connectivity index (χ0n) is 6.90. The van der Waals surface area contributed by atoms with Gasteiger partial charge in [0, 0.05) is 12.6 Å². The fraction of sp³-hybridized carbons (Fsp3) is 0.333. The maximum Gasteiger partial charge on any atom is 0.0681 e. The van der Waals surface area contributed by atoms with E-state index < -0.39 is 0 Å². The van der Waals surface area contributed by atoms with Crippen LogP contribution in [0.15, 0.2) is 24.3 Å². The second-order valence-electron chi connectivity index (χ2n) is 2.75. The Bertz CT molecular complexity index is 250. The van der Waals surface area contributed by atoms with E-state index in [0.717, 1.165) is 11.1 Å². The molecule has 3 nitrogen and oxygen atoms in total. The Hall–Kier alpha value is -0.900. The molecule has 0 saturated carbocycles. The second-order valence-corrected chi connectivity index (χ2v) is 2.75. The third-order valence-electron chi connectivity index (χ3n) is 1.82. The van der Waals surface area contributed by atoms with Crippen molar-refractivity contribution in [2.75, 3.05) is 6.54 Å². The van der Waals surface area contributed by atoms with Crippen molar-refractivity contribution in [2.24, 2.45) is 11.5 Å². The van der Waals surface area contributed by atoms with Crippen LogP contribution in [0.2, 0.25) is 0 Å². The molecule has 0 aliphatic carbocycles. The Morgan fingerprint density at radius 3 is 2.75 bits per heavy atom. The number of hydrogen-bond donors (Lipinski definition) is 3. The summed E-state index contributed by atoms with van der Waals surface area (Å²) in [5.41, 5.74) is 13.0. The zero-order valence-corrected chi connectivity index (χ0v) is 6.90. The van der Waals surface area contributed by atoms with Crippen LogP contribution in [0.25, 0.3) is 0 Å². The van der Waals surface area contributed by atoms with E-state index in [2.05, 4.69) is 0 Å². The highest BCUT2D eigenvalue weighted by Gasteiger charge is 2.02. The average molecular weight is 166 g/mol. The molecule has 12 heavy (non-hydrogen) atoms. The molecule has 0 bridgehead atoms. The Morgan fingerprint density at radius 2 is 2.17 bits per heavy atom. The summed E-state index contributed by atoms with van der Waals surface area (Å²) in [6.07, 6.45) is 0. The Balaban J connectivity index is 2.86. The lowest BCUT2D eigenvalue weighted by atomic mass is 10.1. The van der Waals surface area contributed by atoms with E-state index in [0.29, 0.717) is 6.54 Å². The van der Waals surface area contributed by atoms with Crippen molar-refractivity contribution in [3.8, 4) is 0 Å². The van der Waals surface area contributed by atoms with Crippen LogP contribution in [0.5, 0.6) is 0 Å². The Kier molecular flexibility index (Phi) is 3.22. The molecule has 0 amide bonds. The van der Waals surface area contributed by atoms with Gasteiger partial charge in [0.25, 0.3) is 0 Å². The van der Waals surface area contributed by atoms with Crippen LogP contribution in [0.3, 0.4) is 0 Å². The van der Waals surface area contributed by atoms with Gasteiger partial charge in [0.2, 0.25) is 0 Å². The van der Waals surface area contributed by atoms with Gasteiger partial charge >= 0.3 is 0 Å². The van der Waals surface area contributed by atoms with Gasteiger partial charge in [0.1, 0.15) is 0 Å². The lowest BCUT2D eigenvalue weighted by Crippen LogP contribution is -2.20. The molecular weight excluding hydrogens is 152 g/mol. The van der Waals surface area contributed by atoms with Crippen molar-refractivity contribution in [3.63, 3.8) is 0 Å². The molecule has 0 saturated heterocycles. The van der Waals surface area contributed by atoms with E-state index in [1.54, 1.807) is 0 Å². The molecule has 0 radical (unpaired) electrons. The first-order chi connectivity index (χ1) is 5.77. The highest BCUT2D eigenvalue weighted by Crippen LogP contribution is 2.11. The maximum absolute atomic E-state index is 8.84. The predicted octanol–water partition coefficient (Wildman–Crippen LogP) is 0.137. The second kappa shape index (κ2) is 4.21. The number of rotatable bonds is 3. The van der Waals surface area contributed by atoms with Gasteiger partial charge in [0.05, 0.1) is 6.61 Å². The summed E-state index contributed by atoms with van der Waals surface area (Å²) >= 11 is 0. The van der Waals surface area contributed by atoms with Gasteiger partial charge in [-0.05, 0) is 11.1 Å². The van der Waals surface area contributed by atoms with Gasteiger partial charge in [0.15, 0.2) is 0 Å². The minimum absolute atomic E-state index is 0.0468. The van der Waals surface area contributed by atoms with Crippen LogP contribution >= 0.6 is 0 Å². The molecule has 5 N–H and O–H groups in total. The first-order valence-corrected chi connectivity index (χ1v) is 3.93. The Labute approximate surface area is 72.0 Å². The highest BCUT2D eigenvalue weighted by atomic mass is 16.3. The van der Waals surface area contributed by atoms with Crippen molar-refractivity contribution in [3.05, 3.63) is 35.4 Å². The lowest BCUT2D eigenvalue weighted by molar-refractivity contribution is 0.281. The van der Waals surface area contributed by atoms with Crippen molar-refractivity contribution in [1.82, 2.24) is 0 Å². The average Bonchev–Trinajstić information content (AvgIpc) is 2.17.